The molecule has 14 heavy (non-hydrogen) atoms. The van der Waals surface area contributed by atoms with Gasteiger partial charge >= 0.3 is 0 Å². The lowest BCUT2D eigenvalue weighted by atomic mass is 9.96. The van der Waals surface area contributed by atoms with Crippen LogP contribution in [0.5, 0.6) is 5.75 Å². The van der Waals surface area contributed by atoms with Crippen LogP contribution in [-0.2, 0) is 0 Å². The van der Waals surface area contributed by atoms with Crippen molar-refractivity contribution in [2.24, 2.45) is 5.92 Å². The highest BCUT2D eigenvalue weighted by atomic mass is 16.5. The van der Waals surface area contributed by atoms with Gasteiger partial charge in [0.25, 0.3) is 0 Å². The van der Waals surface area contributed by atoms with Crippen LogP contribution in [0, 0.1) is 5.92 Å². The summed E-state index contributed by atoms with van der Waals surface area (Å²) in [5.41, 5.74) is 0.685. The average Bonchev–Trinajstić information content (AvgIpc) is 2.26. The van der Waals surface area contributed by atoms with E-state index in [0.29, 0.717) is 11.3 Å². The number of Topliss-reactive ketones (excluding diaryl/α,β-unsaturated/α-hetero) is 1. The van der Waals surface area contributed by atoms with Crippen LogP contribution in [-0.4, -0.2) is 12.9 Å². The Morgan fingerprint density at radius 2 is 2.07 bits per heavy atom. The zero-order valence-electron chi connectivity index (χ0n) is 8.91. The van der Waals surface area contributed by atoms with Crippen molar-refractivity contribution in [2.45, 2.75) is 20.3 Å². The molecule has 0 N–H and O–H groups in total. The molecule has 2 nitrogen and oxygen atoms in total. The molecule has 0 radical (unpaired) electrons. The number of para-hydroxylation sites is 1. The Kier molecular flexibility index (Phi) is 3.69. The maximum absolute atomic E-state index is 11.9. The lowest BCUT2D eigenvalue weighted by Crippen LogP contribution is -2.11. The van der Waals surface area contributed by atoms with Gasteiger partial charge in [-0.3, -0.25) is 4.79 Å². The Morgan fingerprint density at radius 3 is 2.64 bits per heavy atom. The molecule has 0 saturated heterocycles. The van der Waals surface area contributed by atoms with Gasteiger partial charge in [0.15, 0.2) is 5.78 Å². The first-order chi connectivity index (χ1) is 6.70. The number of benzene rings is 1. The topological polar surface area (TPSA) is 26.3 Å². The van der Waals surface area contributed by atoms with Gasteiger partial charge in [-0.15, -0.1) is 0 Å². The summed E-state index contributed by atoms with van der Waals surface area (Å²) in [7, 11) is 1.59. The van der Waals surface area contributed by atoms with E-state index >= 15 is 0 Å². The van der Waals surface area contributed by atoms with Crippen molar-refractivity contribution < 1.29 is 9.53 Å². The highest BCUT2D eigenvalue weighted by molar-refractivity contribution is 6.00. The lowest BCUT2D eigenvalue weighted by molar-refractivity contribution is 0.0924. The molecular formula is C12H16O2. The summed E-state index contributed by atoms with van der Waals surface area (Å²) in [5, 5.41) is 0. The second-order valence-corrected chi connectivity index (χ2v) is 3.37. The molecule has 0 fully saturated rings. The van der Waals surface area contributed by atoms with Crippen LogP contribution in [0.1, 0.15) is 30.6 Å². The van der Waals surface area contributed by atoms with E-state index < -0.39 is 0 Å². The number of hydrogen-bond donors (Lipinski definition) is 0. The monoisotopic (exact) mass is 192 g/mol. The van der Waals surface area contributed by atoms with E-state index in [-0.39, 0.29) is 11.7 Å². The molecule has 0 aliphatic heterocycles. The van der Waals surface area contributed by atoms with Crippen molar-refractivity contribution in [1.29, 1.82) is 0 Å². The van der Waals surface area contributed by atoms with Crippen molar-refractivity contribution in [3.63, 3.8) is 0 Å². The summed E-state index contributed by atoms with van der Waals surface area (Å²) in [6.45, 7) is 3.95. The first kappa shape index (κ1) is 10.8. The summed E-state index contributed by atoms with van der Waals surface area (Å²) < 4.78 is 5.14. The minimum Gasteiger partial charge on any atom is -0.496 e. The van der Waals surface area contributed by atoms with Crippen molar-refractivity contribution in [2.75, 3.05) is 7.11 Å². The molecule has 76 valence electrons. The molecule has 0 amide bonds. The Labute approximate surface area is 84.9 Å². The van der Waals surface area contributed by atoms with E-state index in [2.05, 4.69) is 0 Å². The third kappa shape index (κ3) is 2.13. The molecule has 0 spiro atoms. The van der Waals surface area contributed by atoms with Gasteiger partial charge in [-0.25, -0.2) is 0 Å². The van der Waals surface area contributed by atoms with Crippen molar-refractivity contribution in [3.05, 3.63) is 29.8 Å². The first-order valence-corrected chi connectivity index (χ1v) is 4.88. The number of ether oxygens (including phenoxy) is 1. The third-order valence-electron chi connectivity index (χ3n) is 2.43. The van der Waals surface area contributed by atoms with E-state index in [1.807, 2.05) is 38.1 Å². The Balaban J connectivity index is 3.00. The summed E-state index contributed by atoms with van der Waals surface area (Å²) >= 11 is 0. The number of hydrogen-bond acceptors (Lipinski definition) is 2. The largest absolute Gasteiger partial charge is 0.496 e. The minimum absolute atomic E-state index is 0.0614. The van der Waals surface area contributed by atoms with Crippen LogP contribution in [0.4, 0.5) is 0 Å². The van der Waals surface area contributed by atoms with Crippen LogP contribution in [0.3, 0.4) is 0 Å². The quantitative estimate of drug-likeness (QED) is 0.685. The SMILES string of the molecule is CC[C@H](C)C(=O)c1ccccc1OC. The number of carbonyl (C=O) groups excluding carboxylic acids is 1. The molecule has 1 aromatic carbocycles. The van der Waals surface area contributed by atoms with Crippen molar-refractivity contribution >= 4 is 5.78 Å². The van der Waals surface area contributed by atoms with Gasteiger partial charge < -0.3 is 4.74 Å². The normalized spacial score (nSPS) is 12.2. The second-order valence-electron chi connectivity index (χ2n) is 3.37. The van der Waals surface area contributed by atoms with Crippen LogP contribution in [0.15, 0.2) is 24.3 Å². The average molecular weight is 192 g/mol. The third-order valence-corrected chi connectivity index (χ3v) is 2.43. The fourth-order valence-corrected chi connectivity index (χ4v) is 1.30. The fraction of sp³-hybridized carbons (Fsp3) is 0.417. The minimum atomic E-state index is 0.0614. The molecule has 0 bridgehead atoms. The maximum atomic E-state index is 11.9. The molecule has 1 atom stereocenters. The van der Waals surface area contributed by atoms with Crippen molar-refractivity contribution in [3.8, 4) is 5.75 Å². The van der Waals surface area contributed by atoms with Gasteiger partial charge in [0, 0.05) is 5.92 Å². The van der Waals surface area contributed by atoms with Gasteiger partial charge in [0.1, 0.15) is 5.75 Å². The maximum Gasteiger partial charge on any atom is 0.169 e. The van der Waals surface area contributed by atoms with Crippen LogP contribution in [0.25, 0.3) is 0 Å². The number of rotatable bonds is 4. The van der Waals surface area contributed by atoms with Gasteiger partial charge in [-0.1, -0.05) is 26.0 Å². The molecule has 0 heterocycles. The molecule has 0 aliphatic carbocycles. The van der Waals surface area contributed by atoms with Gasteiger partial charge in [-0.05, 0) is 18.6 Å². The van der Waals surface area contributed by atoms with E-state index in [1.54, 1.807) is 7.11 Å². The highest BCUT2D eigenvalue weighted by Crippen LogP contribution is 2.21. The van der Waals surface area contributed by atoms with Gasteiger partial charge in [0.05, 0.1) is 12.7 Å². The smallest absolute Gasteiger partial charge is 0.169 e. The zero-order chi connectivity index (χ0) is 10.6. The van der Waals surface area contributed by atoms with Gasteiger partial charge in [-0.2, -0.15) is 0 Å². The van der Waals surface area contributed by atoms with Crippen LogP contribution < -0.4 is 4.74 Å². The number of ketones is 1. The molecule has 2 heteroatoms. The summed E-state index contributed by atoms with van der Waals surface area (Å²) in [6, 6.07) is 7.35. The zero-order valence-corrected chi connectivity index (χ0v) is 8.91. The fourth-order valence-electron chi connectivity index (χ4n) is 1.30. The molecule has 0 unspecified atom stereocenters. The lowest BCUT2D eigenvalue weighted by Gasteiger charge is -2.10. The van der Waals surface area contributed by atoms with Gasteiger partial charge in [0.2, 0.25) is 0 Å². The molecule has 0 aliphatic rings. The second kappa shape index (κ2) is 4.80. The molecule has 0 saturated carbocycles. The van der Waals surface area contributed by atoms with Crippen molar-refractivity contribution in [1.82, 2.24) is 0 Å². The van der Waals surface area contributed by atoms with E-state index in [0.717, 1.165) is 6.42 Å². The van der Waals surface area contributed by atoms with E-state index in [9.17, 15) is 4.79 Å². The Hall–Kier alpha value is -1.31. The number of carbonyl (C=O) groups is 1. The van der Waals surface area contributed by atoms with Crippen LogP contribution >= 0.6 is 0 Å². The first-order valence-electron chi connectivity index (χ1n) is 4.88. The van der Waals surface area contributed by atoms with Crippen LogP contribution in [0.2, 0.25) is 0 Å². The summed E-state index contributed by atoms with van der Waals surface area (Å²) in [4.78, 5) is 11.9. The highest BCUT2D eigenvalue weighted by Gasteiger charge is 2.16. The van der Waals surface area contributed by atoms with E-state index in [4.69, 9.17) is 4.74 Å². The predicted molar refractivity (Wildman–Crippen MR) is 56.8 cm³/mol. The predicted octanol–water partition coefficient (Wildman–Crippen LogP) is 2.92. The molecule has 1 rings (SSSR count). The Bertz CT molecular complexity index is 318. The summed E-state index contributed by atoms with van der Waals surface area (Å²) in [6.07, 6.45) is 0.858. The standard InChI is InChI=1S/C12H16O2/c1-4-9(2)12(13)10-7-5-6-8-11(10)14-3/h5-9H,4H2,1-3H3/t9-/m0/s1. The molecular weight excluding hydrogens is 176 g/mol. The summed E-state index contributed by atoms with van der Waals surface area (Å²) in [5.74, 6) is 0.883. The van der Waals surface area contributed by atoms with E-state index in [1.165, 1.54) is 0 Å². The number of methoxy groups -OCH3 is 1. The Morgan fingerprint density at radius 1 is 1.43 bits per heavy atom. The molecule has 0 aromatic heterocycles. The molecule has 1 aromatic rings.